The van der Waals surface area contributed by atoms with E-state index in [0.717, 1.165) is 11.1 Å². The Morgan fingerprint density at radius 2 is 1.89 bits per heavy atom. The fraction of sp³-hybridized carbons (Fsp3) is 0.231. The molecule has 1 aliphatic rings. The highest BCUT2D eigenvalue weighted by molar-refractivity contribution is 7.08. The minimum absolute atomic E-state index is 0.0183. The van der Waals surface area contributed by atoms with Crippen LogP contribution in [-0.4, -0.2) is 35.5 Å². The van der Waals surface area contributed by atoms with Gasteiger partial charge in [0.1, 0.15) is 0 Å². The standard InChI is InChI=1S/C26H26N4O5S/c31-23-11-19(25(34)29-22(13-24(32)33)18-9-10-36-16-18)15-30(23)21-8-4-7-20(12-21)28-26(35)27-14-17-5-2-1-3-6-17/h1-10,12,16,19,22H,11,13-15H2,(H,29,34)(H,32,33)(H2,27,28,35). The number of nitrogens with one attached hydrogen (secondary N) is 3. The summed E-state index contributed by atoms with van der Waals surface area (Å²) in [5, 5.41) is 21.2. The van der Waals surface area contributed by atoms with Crippen molar-refractivity contribution in [2.45, 2.75) is 25.4 Å². The van der Waals surface area contributed by atoms with Gasteiger partial charge in [-0.1, -0.05) is 36.4 Å². The summed E-state index contributed by atoms with van der Waals surface area (Å²) in [7, 11) is 0. The number of carboxylic acid groups (broad SMARTS) is 1. The SMILES string of the molecule is O=C(O)CC(NC(=O)C1CC(=O)N(c2cccc(NC(=O)NCc3ccccc3)c2)C1)c1ccsc1. The third-order valence-electron chi connectivity index (χ3n) is 5.85. The fourth-order valence-corrected chi connectivity index (χ4v) is 4.74. The first kappa shape index (κ1) is 24.9. The van der Waals surface area contributed by atoms with Crippen molar-refractivity contribution in [3.8, 4) is 0 Å². The minimum atomic E-state index is -1.02. The number of carboxylic acids is 1. The smallest absolute Gasteiger partial charge is 0.319 e. The molecule has 2 aromatic carbocycles. The summed E-state index contributed by atoms with van der Waals surface area (Å²) in [6, 6.07) is 17.1. The van der Waals surface area contributed by atoms with E-state index in [0.29, 0.717) is 17.9 Å². The molecule has 0 spiro atoms. The topological polar surface area (TPSA) is 128 Å². The lowest BCUT2D eigenvalue weighted by Gasteiger charge is -2.20. The van der Waals surface area contributed by atoms with Crippen LogP contribution in [0.2, 0.25) is 0 Å². The van der Waals surface area contributed by atoms with Crippen molar-refractivity contribution in [3.05, 3.63) is 82.6 Å². The van der Waals surface area contributed by atoms with Crippen molar-refractivity contribution in [3.63, 3.8) is 0 Å². The number of hydrogen-bond acceptors (Lipinski definition) is 5. The second-order valence-electron chi connectivity index (χ2n) is 8.46. The van der Waals surface area contributed by atoms with Gasteiger partial charge >= 0.3 is 12.0 Å². The maximum Gasteiger partial charge on any atom is 0.319 e. The normalized spacial score (nSPS) is 15.8. The van der Waals surface area contributed by atoms with Crippen LogP contribution >= 0.6 is 11.3 Å². The fourth-order valence-electron chi connectivity index (χ4n) is 4.03. The lowest BCUT2D eigenvalue weighted by Crippen LogP contribution is -2.36. The van der Waals surface area contributed by atoms with Crippen molar-refractivity contribution < 1.29 is 24.3 Å². The van der Waals surface area contributed by atoms with Crippen LogP contribution in [0.1, 0.15) is 30.0 Å². The molecular formula is C26H26N4O5S. The lowest BCUT2D eigenvalue weighted by atomic mass is 10.0. The summed E-state index contributed by atoms with van der Waals surface area (Å²) in [5.74, 6) is -2.21. The quantitative estimate of drug-likeness (QED) is 0.351. The van der Waals surface area contributed by atoms with E-state index in [2.05, 4.69) is 16.0 Å². The zero-order valence-corrected chi connectivity index (χ0v) is 20.2. The zero-order valence-electron chi connectivity index (χ0n) is 19.3. The van der Waals surface area contributed by atoms with Crippen LogP contribution in [0.3, 0.4) is 0 Å². The highest BCUT2D eigenvalue weighted by Crippen LogP contribution is 2.28. The molecule has 0 saturated carbocycles. The molecule has 2 atom stereocenters. The molecule has 4 amide bonds. The Hall–Kier alpha value is -4.18. The van der Waals surface area contributed by atoms with Crippen LogP contribution in [0.15, 0.2) is 71.4 Å². The molecule has 10 heteroatoms. The van der Waals surface area contributed by atoms with E-state index in [1.165, 1.54) is 16.2 Å². The van der Waals surface area contributed by atoms with Gasteiger partial charge in [0, 0.05) is 30.9 Å². The summed E-state index contributed by atoms with van der Waals surface area (Å²) in [6.45, 7) is 0.541. The average molecular weight is 507 g/mol. The van der Waals surface area contributed by atoms with Gasteiger partial charge in [0.05, 0.1) is 18.4 Å². The highest BCUT2D eigenvalue weighted by Gasteiger charge is 2.36. The van der Waals surface area contributed by atoms with E-state index in [4.69, 9.17) is 0 Å². The van der Waals surface area contributed by atoms with Gasteiger partial charge in [0.2, 0.25) is 11.8 Å². The Kier molecular flexibility index (Phi) is 7.96. The second-order valence-corrected chi connectivity index (χ2v) is 9.24. The van der Waals surface area contributed by atoms with Crippen molar-refractivity contribution in [2.24, 2.45) is 5.92 Å². The molecule has 0 radical (unpaired) electrons. The first-order valence-electron chi connectivity index (χ1n) is 11.4. The molecule has 4 N–H and O–H groups in total. The molecule has 1 fully saturated rings. The third kappa shape index (κ3) is 6.48. The number of carbonyl (C=O) groups is 4. The maximum atomic E-state index is 12.9. The van der Waals surface area contributed by atoms with Gasteiger partial charge in [-0.05, 0) is 46.2 Å². The number of rotatable bonds is 9. The Labute approximate surface area is 212 Å². The van der Waals surface area contributed by atoms with Gasteiger partial charge in [0.15, 0.2) is 0 Å². The number of benzene rings is 2. The number of amides is 4. The summed E-state index contributed by atoms with van der Waals surface area (Å²) >= 11 is 1.42. The number of nitrogens with zero attached hydrogens (tertiary/aromatic N) is 1. The first-order valence-corrected chi connectivity index (χ1v) is 12.4. The van der Waals surface area contributed by atoms with E-state index in [-0.39, 0.29) is 37.2 Å². The van der Waals surface area contributed by atoms with E-state index in [9.17, 15) is 24.3 Å². The molecule has 2 unspecified atom stereocenters. The van der Waals surface area contributed by atoms with Gasteiger partial charge < -0.3 is 26.0 Å². The van der Waals surface area contributed by atoms with Crippen molar-refractivity contribution in [1.82, 2.24) is 10.6 Å². The Bertz CT molecular complexity index is 1230. The number of anilines is 2. The van der Waals surface area contributed by atoms with Crippen LogP contribution < -0.4 is 20.9 Å². The summed E-state index contributed by atoms with van der Waals surface area (Å²) in [4.78, 5) is 50.7. The van der Waals surface area contributed by atoms with Gasteiger partial charge in [-0.15, -0.1) is 0 Å². The Morgan fingerprint density at radius 3 is 2.61 bits per heavy atom. The van der Waals surface area contributed by atoms with Crippen molar-refractivity contribution in [1.29, 1.82) is 0 Å². The van der Waals surface area contributed by atoms with Gasteiger partial charge in [-0.3, -0.25) is 14.4 Å². The molecule has 1 aromatic heterocycles. The van der Waals surface area contributed by atoms with E-state index >= 15 is 0 Å². The molecule has 0 aliphatic carbocycles. The van der Waals surface area contributed by atoms with Crippen LogP contribution in [-0.2, 0) is 20.9 Å². The van der Waals surface area contributed by atoms with Crippen LogP contribution in [0.5, 0.6) is 0 Å². The third-order valence-corrected chi connectivity index (χ3v) is 6.55. The summed E-state index contributed by atoms with van der Waals surface area (Å²) in [5.41, 5.74) is 2.77. The average Bonchev–Trinajstić information content (AvgIpc) is 3.53. The van der Waals surface area contributed by atoms with Crippen LogP contribution in [0, 0.1) is 5.92 Å². The highest BCUT2D eigenvalue weighted by atomic mass is 32.1. The first-order chi connectivity index (χ1) is 17.4. The van der Waals surface area contributed by atoms with Crippen LogP contribution in [0.4, 0.5) is 16.2 Å². The Balaban J connectivity index is 1.36. The number of thiophene rings is 1. The molecular weight excluding hydrogens is 480 g/mol. The summed E-state index contributed by atoms with van der Waals surface area (Å²) in [6.07, 6.45) is -0.225. The maximum absolute atomic E-state index is 12.9. The van der Waals surface area contributed by atoms with E-state index in [1.807, 2.05) is 35.7 Å². The van der Waals surface area contributed by atoms with Crippen molar-refractivity contribution >= 4 is 46.5 Å². The molecule has 9 nitrogen and oxygen atoms in total. The molecule has 2 heterocycles. The molecule has 36 heavy (non-hydrogen) atoms. The number of urea groups is 1. The zero-order chi connectivity index (χ0) is 25.5. The van der Waals surface area contributed by atoms with Crippen LogP contribution in [0.25, 0.3) is 0 Å². The summed E-state index contributed by atoms with van der Waals surface area (Å²) < 4.78 is 0. The number of aliphatic carboxylic acids is 1. The van der Waals surface area contributed by atoms with E-state index in [1.54, 1.807) is 35.7 Å². The molecule has 4 rings (SSSR count). The number of carbonyl (C=O) groups excluding carboxylic acids is 3. The largest absolute Gasteiger partial charge is 0.481 e. The van der Waals surface area contributed by atoms with Crippen molar-refractivity contribution in [2.75, 3.05) is 16.8 Å². The number of hydrogen-bond donors (Lipinski definition) is 4. The second kappa shape index (κ2) is 11.5. The van der Waals surface area contributed by atoms with Gasteiger partial charge in [0.25, 0.3) is 0 Å². The monoisotopic (exact) mass is 506 g/mol. The molecule has 186 valence electrons. The predicted octanol–water partition coefficient (Wildman–Crippen LogP) is 3.75. The molecule has 0 bridgehead atoms. The molecule has 1 aliphatic heterocycles. The van der Waals surface area contributed by atoms with Gasteiger partial charge in [-0.25, -0.2) is 4.79 Å². The Morgan fingerprint density at radius 1 is 1.08 bits per heavy atom. The molecule has 3 aromatic rings. The lowest BCUT2D eigenvalue weighted by molar-refractivity contribution is -0.138. The predicted molar refractivity (Wildman–Crippen MR) is 137 cm³/mol. The minimum Gasteiger partial charge on any atom is -0.481 e. The van der Waals surface area contributed by atoms with Gasteiger partial charge in [-0.2, -0.15) is 11.3 Å². The molecule has 1 saturated heterocycles. The van der Waals surface area contributed by atoms with E-state index < -0.39 is 17.9 Å².